The third-order valence-corrected chi connectivity index (χ3v) is 6.38. The van der Waals surface area contributed by atoms with E-state index in [1.165, 1.54) is 0 Å². The molecular formula is C11H12N2O12S2. The van der Waals surface area contributed by atoms with Crippen LogP contribution in [0.25, 0.3) is 0 Å². The molecule has 27 heavy (non-hydrogen) atoms. The molecule has 0 aromatic rings. The van der Waals surface area contributed by atoms with Crippen LogP contribution in [0.5, 0.6) is 0 Å². The molecule has 3 N–H and O–H groups in total. The predicted molar refractivity (Wildman–Crippen MR) is 79.7 cm³/mol. The second kappa shape index (κ2) is 6.04. The highest BCUT2D eigenvalue weighted by Gasteiger charge is 2.64. The molecule has 2 heterocycles. The summed E-state index contributed by atoms with van der Waals surface area (Å²) >= 11 is 0. The third-order valence-electron chi connectivity index (χ3n) is 4.21. The Morgan fingerprint density at radius 3 is 1.37 bits per heavy atom. The Bertz CT molecular complexity index is 911. The summed E-state index contributed by atoms with van der Waals surface area (Å²) in [5.74, 6) is -8.46. The zero-order chi connectivity index (χ0) is 21.1. The molecule has 14 nitrogen and oxygen atoms in total. The molecule has 2 aliphatic heterocycles. The summed E-state index contributed by atoms with van der Waals surface area (Å²) in [6.45, 7) is 0.527. The van der Waals surface area contributed by atoms with Crippen molar-refractivity contribution in [1.82, 2.24) is 9.80 Å². The molecule has 0 saturated carbocycles. The van der Waals surface area contributed by atoms with Crippen LogP contribution in [0.15, 0.2) is 0 Å². The fraction of sp³-hybridized carbons (Fsp3) is 0.545. The maximum absolute atomic E-state index is 12.2. The lowest BCUT2D eigenvalue weighted by atomic mass is 10.1. The Morgan fingerprint density at radius 2 is 1.19 bits per heavy atom. The number of hydrogen-bond acceptors (Lipinski definition) is 9. The first-order chi connectivity index (χ1) is 12.0. The van der Waals surface area contributed by atoms with E-state index in [-0.39, 0.29) is 9.80 Å². The SMILES string of the molecule is CC(C(=O)O)(N1C(=O)CC(S(=O)(=O)O)C1=O)N1C(=O)CC(S(=O)(=O)O)C1=O. The standard InChI is InChI=1S/C11H12N2O12S2/c1-11(10(18)19,12-6(14)2-4(8(12)16)26(20,21)22)13-7(15)3-5(9(13)17)27(23,24)25/h4-5H,2-3H2,1H3,(H,18,19)(H,20,21,22)(H,23,24,25). The van der Waals surface area contributed by atoms with Crippen LogP contribution in [0.2, 0.25) is 0 Å². The number of carboxylic acids is 1. The molecule has 2 aliphatic rings. The molecule has 2 atom stereocenters. The van der Waals surface area contributed by atoms with Gasteiger partial charge in [0.2, 0.25) is 17.5 Å². The van der Waals surface area contributed by atoms with Gasteiger partial charge in [-0.2, -0.15) is 16.8 Å². The van der Waals surface area contributed by atoms with Crippen molar-refractivity contribution in [2.45, 2.75) is 35.9 Å². The van der Waals surface area contributed by atoms with Gasteiger partial charge in [0.05, 0.1) is 12.8 Å². The molecule has 0 spiro atoms. The average molecular weight is 428 g/mol. The van der Waals surface area contributed by atoms with Crippen molar-refractivity contribution in [2.24, 2.45) is 0 Å². The fourth-order valence-corrected chi connectivity index (χ4v) is 4.31. The summed E-state index contributed by atoms with van der Waals surface area (Å²) in [7, 11) is -10.2. The fourth-order valence-electron chi connectivity index (χ4n) is 2.88. The molecular weight excluding hydrogens is 416 g/mol. The second-order valence-corrected chi connectivity index (χ2v) is 9.07. The number of hydrogen-bond donors (Lipinski definition) is 3. The number of carbonyl (C=O) groups is 5. The Hall–Kier alpha value is -2.43. The van der Waals surface area contributed by atoms with Crippen LogP contribution in [-0.4, -0.2) is 86.6 Å². The largest absolute Gasteiger partial charge is 0.478 e. The van der Waals surface area contributed by atoms with Gasteiger partial charge < -0.3 is 5.11 Å². The van der Waals surface area contributed by atoms with Gasteiger partial charge in [0.15, 0.2) is 10.5 Å². The Balaban J connectivity index is 2.62. The normalized spacial score (nSPS) is 26.6. The number of aliphatic carboxylic acids is 1. The molecule has 0 radical (unpaired) electrons. The number of carbonyl (C=O) groups excluding carboxylic acids is 4. The van der Waals surface area contributed by atoms with Crippen molar-refractivity contribution >= 4 is 49.8 Å². The van der Waals surface area contributed by atoms with Gasteiger partial charge in [-0.05, 0) is 6.92 Å². The lowest BCUT2D eigenvalue weighted by molar-refractivity contribution is -0.180. The van der Waals surface area contributed by atoms with Crippen LogP contribution in [0, 0.1) is 0 Å². The van der Waals surface area contributed by atoms with Gasteiger partial charge >= 0.3 is 5.97 Å². The van der Waals surface area contributed by atoms with Gasteiger partial charge in [0.25, 0.3) is 32.1 Å². The van der Waals surface area contributed by atoms with E-state index >= 15 is 0 Å². The molecule has 2 unspecified atom stereocenters. The van der Waals surface area contributed by atoms with E-state index < -0.39 is 78.8 Å². The van der Waals surface area contributed by atoms with Gasteiger partial charge in [0, 0.05) is 0 Å². The second-order valence-electron chi connectivity index (χ2n) is 5.88. The van der Waals surface area contributed by atoms with E-state index in [1.807, 2.05) is 0 Å². The van der Waals surface area contributed by atoms with Crippen LogP contribution < -0.4 is 0 Å². The topological polar surface area (TPSA) is 221 Å². The Morgan fingerprint density at radius 1 is 0.889 bits per heavy atom. The lowest BCUT2D eigenvalue weighted by Crippen LogP contribution is -2.67. The van der Waals surface area contributed by atoms with Gasteiger partial charge in [0.1, 0.15) is 0 Å². The summed E-state index contributed by atoms with van der Waals surface area (Å²) in [4.78, 5) is 60.0. The summed E-state index contributed by atoms with van der Waals surface area (Å²) in [5.41, 5.74) is -3.12. The maximum atomic E-state index is 12.2. The van der Waals surface area contributed by atoms with E-state index in [2.05, 4.69) is 0 Å². The summed E-state index contributed by atoms with van der Waals surface area (Å²) in [6, 6.07) is 0. The van der Waals surface area contributed by atoms with Crippen molar-refractivity contribution in [1.29, 1.82) is 0 Å². The Kier molecular flexibility index (Phi) is 4.67. The van der Waals surface area contributed by atoms with Crippen LogP contribution >= 0.6 is 0 Å². The highest BCUT2D eigenvalue weighted by Crippen LogP contribution is 2.35. The number of carboxylic acid groups (broad SMARTS) is 1. The van der Waals surface area contributed by atoms with Crippen LogP contribution in [0.4, 0.5) is 0 Å². The number of likely N-dealkylation sites (tertiary alicyclic amines) is 2. The zero-order valence-corrected chi connectivity index (χ0v) is 14.9. The van der Waals surface area contributed by atoms with E-state index in [0.717, 1.165) is 0 Å². The highest BCUT2D eigenvalue weighted by atomic mass is 32.2. The number of nitrogens with zero attached hydrogens (tertiary/aromatic N) is 2. The first kappa shape index (κ1) is 20.9. The van der Waals surface area contributed by atoms with E-state index in [1.54, 1.807) is 0 Å². The zero-order valence-electron chi connectivity index (χ0n) is 13.3. The van der Waals surface area contributed by atoms with Crippen LogP contribution in [0.1, 0.15) is 19.8 Å². The summed E-state index contributed by atoms with van der Waals surface area (Å²) in [6.07, 6.45) is -2.31. The van der Waals surface area contributed by atoms with Crippen molar-refractivity contribution in [3.8, 4) is 0 Å². The molecule has 0 aliphatic carbocycles. The van der Waals surface area contributed by atoms with Gasteiger partial charge in [-0.15, -0.1) is 0 Å². The van der Waals surface area contributed by atoms with Crippen molar-refractivity contribution in [2.75, 3.05) is 0 Å². The molecule has 150 valence electrons. The maximum Gasteiger partial charge on any atom is 0.351 e. The van der Waals surface area contributed by atoms with E-state index in [9.17, 15) is 45.9 Å². The quantitative estimate of drug-likeness (QED) is 0.291. The number of amides is 4. The van der Waals surface area contributed by atoms with Crippen molar-refractivity contribution in [3.63, 3.8) is 0 Å². The van der Waals surface area contributed by atoms with Crippen LogP contribution in [0.3, 0.4) is 0 Å². The van der Waals surface area contributed by atoms with Crippen molar-refractivity contribution < 1.29 is 55.0 Å². The van der Waals surface area contributed by atoms with Gasteiger partial charge in [-0.25, -0.2) is 14.6 Å². The monoisotopic (exact) mass is 428 g/mol. The summed E-state index contributed by atoms with van der Waals surface area (Å²) < 4.78 is 62.9. The molecule has 16 heteroatoms. The molecule has 2 rings (SSSR count). The lowest BCUT2D eigenvalue weighted by Gasteiger charge is -2.39. The number of imide groups is 2. The van der Waals surface area contributed by atoms with Crippen LogP contribution in [-0.2, 0) is 44.2 Å². The third kappa shape index (κ3) is 3.09. The smallest absolute Gasteiger partial charge is 0.351 e. The molecule has 0 aromatic heterocycles. The summed E-state index contributed by atoms with van der Waals surface area (Å²) in [5, 5.41) is 4.78. The molecule has 2 fully saturated rings. The molecule has 0 bridgehead atoms. The predicted octanol–water partition coefficient (Wildman–Crippen LogP) is -3.18. The molecule has 2 saturated heterocycles. The van der Waals surface area contributed by atoms with Gasteiger partial charge in [-0.1, -0.05) is 0 Å². The molecule has 4 amide bonds. The number of rotatable bonds is 5. The molecule has 0 aromatic carbocycles. The Labute approximate surface area is 151 Å². The van der Waals surface area contributed by atoms with E-state index in [0.29, 0.717) is 6.92 Å². The first-order valence-corrected chi connectivity index (χ1v) is 9.95. The minimum Gasteiger partial charge on any atom is -0.478 e. The van der Waals surface area contributed by atoms with E-state index in [4.69, 9.17) is 9.11 Å². The minimum absolute atomic E-state index is 0.212. The first-order valence-electron chi connectivity index (χ1n) is 6.94. The highest BCUT2D eigenvalue weighted by molar-refractivity contribution is 7.87. The minimum atomic E-state index is -5.12. The van der Waals surface area contributed by atoms with Crippen molar-refractivity contribution in [3.05, 3.63) is 0 Å². The average Bonchev–Trinajstić information content (AvgIpc) is 2.94. The van der Waals surface area contributed by atoms with Gasteiger partial charge in [-0.3, -0.25) is 28.3 Å².